The average molecular weight is 346 g/mol. The van der Waals surface area contributed by atoms with Crippen molar-refractivity contribution in [2.24, 2.45) is 7.05 Å². The average Bonchev–Trinajstić information content (AvgIpc) is 2.89. The van der Waals surface area contributed by atoms with Crippen molar-refractivity contribution in [2.45, 2.75) is 32.5 Å². The number of piperazine rings is 1. The van der Waals surface area contributed by atoms with Crippen LogP contribution in [-0.2, 0) is 20.1 Å². The predicted octanol–water partition coefficient (Wildman–Crippen LogP) is 1.94. The molecule has 3 rings (SSSR count). The lowest BCUT2D eigenvalue weighted by Gasteiger charge is -2.41. The van der Waals surface area contributed by atoms with Gasteiger partial charge in [0.1, 0.15) is 5.82 Å². The highest BCUT2D eigenvalue weighted by Crippen LogP contribution is 2.19. The van der Waals surface area contributed by atoms with E-state index in [4.69, 9.17) is 0 Å². The zero-order valence-electron chi connectivity index (χ0n) is 15.0. The van der Waals surface area contributed by atoms with Gasteiger partial charge in [-0.15, -0.1) is 0 Å². The maximum atomic E-state index is 13.1. The van der Waals surface area contributed by atoms with Gasteiger partial charge in [0, 0.05) is 64.2 Å². The normalized spacial score (nSPS) is 19.4. The van der Waals surface area contributed by atoms with Gasteiger partial charge in [0.15, 0.2) is 0 Å². The number of aromatic nitrogens is 2. The van der Waals surface area contributed by atoms with E-state index in [0.29, 0.717) is 6.04 Å². The van der Waals surface area contributed by atoms with Gasteiger partial charge in [-0.05, 0) is 31.0 Å². The molecule has 0 radical (unpaired) electrons. The summed E-state index contributed by atoms with van der Waals surface area (Å²) in [6, 6.07) is 7.02. The molecular formula is C19H27FN4O. The van der Waals surface area contributed by atoms with Gasteiger partial charge in [0.25, 0.3) is 0 Å². The zero-order valence-corrected chi connectivity index (χ0v) is 15.0. The molecule has 2 aromatic rings. The molecule has 25 heavy (non-hydrogen) atoms. The van der Waals surface area contributed by atoms with Crippen molar-refractivity contribution in [2.75, 3.05) is 26.2 Å². The van der Waals surface area contributed by atoms with Crippen LogP contribution in [0.15, 0.2) is 30.5 Å². The summed E-state index contributed by atoms with van der Waals surface area (Å²) in [6.45, 7) is 6.78. The van der Waals surface area contributed by atoms with Crippen LogP contribution >= 0.6 is 0 Å². The first kappa shape index (κ1) is 18.0. The Morgan fingerprint density at radius 2 is 1.96 bits per heavy atom. The summed E-state index contributed by atoms with van der Waals surface area (Å²) in [4.78, 5) is 4.83. The van der Waals surface area contributed by atoms with E-state index in [0.717, 1.165) is 50.4 Å². The second-order valence-electron chi connectivity index (χ2n) is 6.91. The Kier molecular flexibility index (Phi) is 5.83. The second kappa shape index (κ2) is 8.08. The number of hydrogen-bond donors (Lipinski definition) is 1. The van der Waals surface area contributed by atoms with Crippen LogP contribution in [0.4, 0.5) is 4.39 Å². The molecule has 1 saturated heterocycles. The molecule has 6 heteroatoms. The summed E-state index contributed by atoms with van der Waals surface area (Å²) in [6.07, 6.45) is 2.84. The molecule has 0 spiro atoms. The third-order valence-electron chi connectivity index (χ3n) is 4.96. The van der Waals surface area contributed by atoms with Gasteiger partial charge in [0.05, 0.1) is 5.69 Å². The van der Waals surface area contributed by atoms with Gasteiger partial charge in [-0.1, -0.05) is 12.1 Å². The highest BCUT2D eigenvalue weighted by atomic mass is 19.1. The molecule has 1 unspecified atom stereocenters. The molecule has 0 saturated carbocycles. The second-order valence-corrected chi connectivity index (χ2v) is 6.91. The number of halogens is 1. The van der Waals surface area contributed by atoms with Crippen molar-refractivity contribution >= 4 is 0 Å². The van der Waals surface area contributed by atoms with Crippen molar-refractivity contribution in [3.8, 4) is 0 Å². The largest absolute Gasteiger partial charge is 0.396 e. The minimum Gasteiger partial charge on any atom is -0.396 e. The maximum Gasteiger partial charge on any atom is 0.123 e. The minimum absolute atomic E-state index is 0.185. The lowest BCUT2D eigenvalue weighted by atomic mass is 10.1. The number of aliphatic hydroxyl groups is 1. The maximum absolute atomic E-state index is 13.1. The molecule has 136 valence electrons. The first-order valence-electron chi connectivity index (χ1n) is 8.86. The first-order valence-corrected chi connectivity index (χ1v) is 8.86. The van der Waals surface area contributed by atoms with Gasteiger partial charge in [-0.3, -0.25) is 14.5 Å². The van der Waals surface area contributed by atoms with Crippen LogP contribution in [0.25, 0.3) is 0 Å². The number of aryl methyl sites for hydroxylation is 2. The summed E-state index contributed by atoms with van der Waals surface area (Å²) < 4.78 is 15.0. The summed E-state index contributed by atoms with van der Waals surface area (Å²) in [5.41, 5.74) is 3.45. The van der Waals surface area contributed by atoms with Gasteiger partial charge in [-0.25, -0.2) is 4.39 Å². The fraction of sp³-hybridized carbons (Fsp3) is 0.526. The van der Waals surface area contributed by atoms with Crippen LogP contribution < -0.4 is 0 Å². The van der Waals surface area contributed by atoms with Crippen molar-refractivity contribution in [1.29, 1.82) is 0 Å². The number of rotatable bonds is 6. The van der Waals surface area contributed by atoms with E-state index in [1.165, 1.54) is 17.7 Å². The van der Waals surface area contributed by atoms with E-state index in [1.807, 2.05) is 30.8 Å². The standard InChI is InChI=1S/C19H27FN4O/c1-15-17(12-22(2)21-15)13-23-8-9-24(19(14-23)7-10-25)11-16-3-5-18(20)6-4-16/h3-6,12,19,25H,7-11,13-14H2,1-2H3. The summed E-state index contributed by atoms with van der Waals surface area (Å²) in [5, 5.41) is 13.9. The van der Waals surface area contributed by atoms with Crippen LogP contribution in [0.3, 0.4) is 0 Å². The number of nitrogens with zero attached hydrogens (tertiary/aromatic N) is 4. The number of aliphatic hydroxyl groups excluding tert-OH is 1. The lowest BCUT2D eigenvalue weighted by molar-refractivity contribution is 0.0499. The Morgan fingerprint density at radius 1 is 1.20 bits per heavy atom. The van der Waals surface area contributed by atoms with Crippen molar-refractivity contribution in [3.63, 3.8) is 0 Å². The van der Waals surface area contributed by atoms with E-state index in [-0.39, 0.29) is 12.4 Å². The molecule has 0 amide bonds. The Labute approximate surface area is 148 Å². The van der Waals surface area contributed by atoms with E-state index in [1.54, 1.807) is 0 Å². The molecule has 5 nitrogen and oxygen atoms in total. The van der Waals surface area contributed by atoms with Crippen molar-refractivity contribution in [3.05, 3.63) is 53.1 Å². The topological polar surface area (TPSA) is 44.5 Å². The van der Waals surface area contributed by atoms with E-state index in [2.05, 4.69) is 21.1 Å². The summed E-state index contributed by atoms with van der Waals surface area (Å²) in [7, 11) is 1.95. The first-order chi connectivity index (χ1) is 12.0. The van der Waals surface area contributed by atoms with E-state index >= 15 is 0 Å². The highest BCUT2D eigenvalue weighted by Gasteiger charge is 2.27. The van der Waals surface area contributed by atoms with Crippen molar-refractivity contribution in [1.82, 2.24) is 19.6 Å². The molecule has 1 N–H and O–H groups in total. The van der Waals surface area contributed by atoms with Crippen molar-refractivity contribution < 1.29 is 9.50 Å². The van der Waals surface area contributed by atoms with E-state index in [9.17, 15) is 9.50 Å². The zero-order chi connectivity index (χ0) is 17.8. The molecule has 1 aliphatic heterocycles. The molecule has 0 bridgehead atoms. The summed E-state index contributed by atoms with van der Waals surface area (Å²) >= 11 is 0. The lowest BCUT2D eigenvalue weighted by Crippen LogP contribution is -2.52. The van der Waals surface area contributed by atoms with Crippen LogP contribution in [0.1, 0.15) is 23.2 Å². The molecule has 0 aliphatic carbocycles. The number of hydrogen-bond acceptors (Lipinski definition) is 4. The molecule has 1 aromatic carbocycles. The van der Waals surface area contributed by atoms with Crippen LogP contribution in [0.2, 0.25) is 0 Å². The Bertz CT molecular complexity index is 685. The Morgan fingerprint density at radius 3 is 2.60 bits per heavy atom. The fourth-order valence-electron chi connectivity index (χ4n) is 3.60. The quantitative estimate of drug-likeness (QED) is 0.868. The highest BCUT2D eigenvalue weighted by molar-refractivity contribution is 5.17. The Balaban J connectivity index is 1.63. The minimum atomic E-state index is -0.202. The third kappa shape index (κ3) is 4.66. The molecule has 1 fully saturated rings. The predicted molar refractivity (Wildman–Crippen MR) is 95.5 cm³/mol. The third-order valence-corrected chi connectivity index (χ3v) is 4.96. The van der Waals surface area contributed by atoms with Gasteiger partial charge < -0.3 is 5.11 Å². The number of benzene rings is 1. The smallest absolute Gasteiger partial charge is 0.123 e. The SMILES string of the molecule is Cc1nn(C)cc1CN1CCN(Cc2ccc(F)cc2)C(CCO)C1. The fourth-order valence-corrected chi connectivity index (χ4v) is 3.60. The van der Waals surface area contributed by atoms with Gasteiger partial charge >= 0.3 is 0 Å². The molecule has 2 heterocycles. The van der Waals surface area contributed by atoms with Crippen LogP contribution in [0, 0.1) is 12.7 Å². The monoisotopic (exact) mass is 346 g/mol. The Hall–Kier alpha value is -1.76. The van der Waals surface area contributed by atoms with Gasteiger partial charge in [-0.2, -0.15) is 5.10 Å². The molecular weight excluding hydrogens is 319 g/mol. The molecule has 1 aromatic heterocycles. The van der Waals surface area contributed by atoms with Gasteiger partial charge in [0.2, 0.25) is 0 Å². The summed E-state index contributed by atoms with van der Waals surface area (Å²) in [5.74, 6) is -0.202. The van der Waals surface area contributed by atoms with Crippen LogP contribution in [-0.4, -0.2) is 57.0 Å². The van der Waals surface area contributed by atoms with Crippen LogP contribution in [0.5, 0.6) is 0 Å². The molecule has 1 aliphatic rings. The van der Waals surface area contributed by atoms with E-state index < -0.39 is 0 Å². The molecule has 1 atom stereocenters.